The van der Waals surface area contributed by atoms with Gasteiger partial charge in [0, 0.05) is 0 Å². The molecule has 1 N–H and O–H groups in total. The fourth-order valence-electron chi connectivity index (χ4n) is 2.93. The molecule has 0 spiro atoms. The molecule has 0 fully saturated rings. The second kappa shape index (κ2) is 8.11. The van der Waals surface area contributed by atoms with E-state index in [-0.39, 0.29) is 24.4 Å². The van der Waals surface area contributed by atoms with Crippen molar-refractivity contribution in [3.8, 4) is 5.75 Å². The smallest absolute Gasteiger partial charge is 0.119 e. The number of aliphatic hydroxyl groups is 1. The summed E-state index contributed by atoms with van der Waals surface area (Å²) in [5, 5.41) is 10.4. The molecule has 0 saturated carbocycles. The highest BCUT2D eigenvalue weighted by Crippen LogP contribution is 2.24. The summed E-state index contributed by atoms with van der Waals surface area (Å²) < 4.78 is 7.79. The second-order valence-electron chi connectivity index (χ2n) is 7.50. The van der Waals surface area contributed by atoms with Crippen molar-refractivity contribution in [1.82, 2.24) is 9.55 Å². The molecule has 3 rings (SSSR count). The maximum absolute atomic E-state index is 10.4. The summed E-state index contributed by atoms with van der Waals surface area (Å²) in [5.74, 6) is 1.68. The molecule has 3 aromatic rings. The Labute approximate surface area is 161 Å². The molecule has 1 aromatic heterocycles. The van der Waals surface area contributed by atoms with Crippen LogP contribution in [-0.2, 0) is 12.0 Å². The molecule has 0 aliphatic carbocycles. The van der Waals surface area contributed by atoms with Crippen LogP contribution in [0.1, 0.15) is 32.2 Å². The molecular formula is C21H27ClN2O2. The summed E-state index contributed by atoms with van der Waals surface area (Å²) in [4.78, 5) is 4.53. The van der Waals surface area contributed by atoms with E-state index in [4.69, 9.17) is 4.74 Å². The third-order valence-corrected chi connectivity index (χ3v) is 4.40. The van der Waals surface area contributed by atoms with Crippen molar-refractivity contribution in [3.63, 3.8) is 0 Å². The molecule has 0 bridgehead atoms. The van der Waals surface area contributed by atoms with E-state index >= 15 is 0 Å². The van der Waals surface area contributed by atoms with Gasteiger partial charge in [-0.05, 0) is 42.2 Å². The summed E-state index contributed by atoms with van der Waals surface area (Å²) in [6.07, 6.45) is -0.599. The van der Waals surface area contributed by atoms with Crippen LogP contribution in [0.4, 0.5) is 0 Å². The zero-order valence-electron chi connectivity index (χ0n) is 15.8. The monoisotopic (exact) mass is 374 g/mol. The molecule has 5 heteroatoms. The first kappa shape index (κ1) is 20.3. The maximum Gasteiger partial charge on any atom is 0.119 e. The Morgan fingerprint density at radius 1 is 1.08 bits per heavy atom. The highest BCUT2D eigenvalue weighted by atomic mass is 35.5. The van der Waals surface area contributed by atoms with Gasteiger partial charge in [0.2, 0.25) is 0 Å². The van der Waals surface area contributed by atoms with E-state index in [1.165, 1.54) is 5.56 Å². The molecule has 0 radical (unpaired) electrons. The second-order valence-corrected chi connectivity index (χ2v) is 7.50. The average Bonchev–Trinajstić information content (AvgIpc) is 2.88. The number of imidazole rings is 1. The van der Waals surface area contributed by atoms with Crippen molar-refractivity contribution in [2.75, 3.05) is 6.61 Å². The summed E-state index contributed by atoms with van der Waals surface area (Å²) in [7, 11) is 0. The Morgan fingerprint density at radius 2 is 1.73 bits per heavy atom. The van der Waals surface area contributed by atoms with Crippen LogP contribution in [0.2, 0.25) is 0 Å². The van der Waals surface area contributed by atoms with Crippen LogP contribution in [0, 0.1) is 6.92 Å². The number of para-hydroxylation sites is 2. The number of hydrogen-bond donors (Lipinski definition) is 1. The summed E-state index contributed by atoms with van der Waals surface area (Å²) in [6.45, 7) is 9.23. The predicted molar refractivity (Wildman–Crippen MR) is 108 cm³/mol. The molecular weight excluding hydrogens is 348 g/mol. The summed E-state index contributed by atoms with van der Waals surface area (Å²) in [6, 6.07) is 16.0. The molecule has 4 nitrogen and oxygen atoms in total. The fourth-order valence-corrected chi connectivity index (χ4v) is 2.93. The van der Waals surface area contributed by atoms with E-state index in [0.29, 0.717) is 6.54 Å². The van der Waals surface area contributed by atoms with Crippen molar-refractivity contribution in [2.24, 2.45) is 0 Å². The number of aryl methyl sites for hydroxylation is 1. The van der Waals surface area contributed by atoms with Crippen LogP contribution in [0.15, 0.2) is 48.5 Å². The number of halogens is 1. The normalized spacial score (nSPS) is 12.7. The summed E-state index contributed by atoms with van der Waals surface area (Å²) in [5.41, 5.74) is 3.37. The Bertz CT molecular complexity index is 851. The minimum absolute atomic E-state index is 0. The van der Waals surface area contributed by atoms with Gasteiger partial charge in [0.25, 0.3) is 0 Å². The van der Waals surface area contributed by atoms with E-state index in [0.717, 1.165) is 22.6 Å². The van der Waals surface area contributed by atoms with Crippen LogP contribution in [0.3, 0.4) is 0 Å². The van der Waals surface area contributed by atoms with Gasteiger partial charge in [-0.25, -0.2) is 4.98 Å². The molecule has 140 valence electrons. The first-order valence-electron chi connectivity index (χ1n) is 8.68. The van der Waals surface area contributed by atoms with Crippen LogP contribution >= 0.6 is 12.4 Å². The molecule has 1 heterocycles. The zero-order chi connectivity index (χ0) is 18.0. The maximum atomic E-state index is 10.4. The van der Waals surface area contributed by atoms with Gasteiger partial charge in [0.1, 0.15) is 24.3 Å². The van der Waals surface area contributed by atoms with Crippen molar-refractivity contribution in [2.45, 2.75) is 45.8 Å². The zero-order valence-corrected chi connectivity index (χ0v) is 16.6. The van der Waals surface area contributed by atoms with E-state index < -0.39 is 6.10 Å². The Balaban J connectivity index is 0.00000243. The number of hydrogen-bond acceptors (Lipinski definition) is 3. The highest BCUT2D eigenvalue weighted by molar-refractivity contribution is 5.85. The minimum atomic E-state index is -0.599. The van der Waals surface area contributed by atoms with Crippen molar-refractivity contribution in [1.29, 1.82) is 0 Å². The van der Waals surface area contributed by atoms with Crippen LogP contribution in [0.25, 0.3) is 11.0 Å². The van der Waals surface area contributed by atoms with Crippen molar-refractivity contribution in [3.05, 3.63) is 59.9 Å². The summed E-state index contributed by atoms with van der Waals surface area (Å²) >= 11 is 0. The molecule has 0 aliphatic rings. The third kappa shape index (κ3) is 4.57. The number of fused-ring (bicyclic) bond motifs is 1. The van der Waals surface area contributed by atoms with Crippen LogP contribution < -0.4 is 4.74 Å². The lowest BCUT2D eigenvalue weighted by Gasteiger charge is -2.19. The van der Waals surface area contributed by atoms with Crippen molar-refractivity contribution >= 4 is 23.4 Å². The Hall–Kier alpha value is -2.04. The number of aliphatic hydroxyl groups excluding tert-OH is 1. The van der Waals surface area contributed by atoms with Gasteiger partial charge in [-0.1, -0.05) is 45.0 Å². The van der Waals surface area contributed by atoms with E-state index in [1.54, 1.807) is 0 Å². The number of benzene rings is 2. The lowest BCUT2D eigenvalue weighted by Crippen LogP contribution is -2.24. The van der Waals surface area contributed by atoms with Gasteiger partial charge in [-0.2, -0.15) is 0 Å². The molecule has 0 amide bonds. The molecule has 1 atom stereocenters. The van der Waals surface area contributed by atoms with Crippen LogP contribution in [-0.4, -0.2) is 27.4 Å². The number of ether oxygens (including phenoxy) is 1. The quantitative estimate of drug-likeness (QED) is 0.715. The lowest BCUT2D eigenvalue weighted by atomic mass is 9.87. The van der Waals surface area contributed by atoms with Gasteiger partial charge >= 0.3 is 0 Å². The van der Waals surface area contributed by atoms with E-state index in [1.807, 2.05) is 47.9 Å². The number of rotatable bonds is 5. The predicted octanol–water partition coefficient (Wildman–Crippen LogP) is 4.50. The fraction of sp³-hybridized carbons (Fsp3) is 0.381. The third-order valence-electron chi connectivity index (χ3n) is 4.40. The molecule has 1 unspecified atom stereocenters. The molecule has 0 aliphatic heterocycles. The Kier molecular flexibility index (Phi) is 6.32. The largest absolute Gasteiger partial charge is 0.491 e. The van der Waals surface area contributed by atoms with E-state index in [2.05, 4.69) is 37.9 Å². The van der Waals surface area contributed by atoms with Gasteiger partial charge in [-0.3, -0.25) is 0 Å². The highest BCUT2D eigenvalue weighted by Gasteiger charge is 2.14. The van der Waals surface area contributed by atoms with Crippen molar-refractivity contribution < 1.29 is 9.84 Å². The molecule has 0 saturated heterocycles. The topological polar surface area (TPSA) is 47.3 Å². The molecule has 2 aromatic carbocycles. The number of aromatic nitrogens is 2. The first-order valence-corrected chi connectivity index (χ1v) is 8.68. The van der Waals surface area contributed by atoms with Gasteiger partial charge in [0.15, 0.2) is 0 Å². The van der Waals surface area contributed by atoms with Gasteiger partial charge in [0.05, 0.1) is 17.6 Å². The first-order chi connectivity index (χ1) is 11.8. The average molecular weight is 375 g/mol. The SMILES string of the molecule is Cc1nc2ccccc2n1CC(O)COc1ccc(C(C)(C)C)cc1.Cl. The van der Waals surface area contributed by atoms with Gasteiger partial charge < -0.3 is 14.4 Å². The van der Waals surface area contributed by atoms with Crippen LogP contribution in [0.5, 0.6) is 5.75 Å². The minimum Gasteiger partial charge on any atom is -0.491 e. The number of nitrogens with zero attached hydrogens (tertiary/aromatic N) is 2. The van der Waals surface area contributed by atoms with Gasteiger partial charge in [-0.15, -0.1) is 12.4 Å². The Morgan fingerprint density at radius 3 is 2.38 bits per heavy atom. The molecule has 26 heavy (non-hydrogen) atoms. The standard InChI is InChI=1S/C21H26N2O2.ClH/c1-15-22-19-7-5-6-8-20(19)23(15)13-17(24)14-25-18-11-9-16(10-12-18)21(2,3)4;/h5-12,17,24H,13-14H2,1-4H3;1H. The van der Waals surface area contributed by atoms with E-state index in [9.17, 15) is 5.11 Å². The lowest BCUT2D eigenvalue weighted by molar-refractivity contribution is 0.0929.